The molecule has 0 aromatic heterocycles. The first-order valence-corrected chi connectivity index (χ1v) is 11.1. The number of ether oxygens (including phenoxy) is 2. The second-order valence-corrected chi connectivity index (χ2v) is 8.87. The highest BCUT2D eigenvalue weighted by Crippen LogP contribution is 2.24. The van der Waals surface area contributed by atoms with Crippen LogP contribution in [0.15, 0.2) is 72.8 Å². The Morgan fingerprint density at radius 1 is 0.818 bits per heavy atom. The first-order valence-electron chi connectivity index (χ1n) is 11.1. The van der Waals surface area contributed by atoms with Gasteiger partial charge in [-0.15, -0.1) is 0 Å². The molecule has 3 rings (SSSR count). The third-order valence-electron chi connectivity index (χ3n) is 5.06. The van der Waals surface area contributed by atoms with Crippen molar-refractivity contribution in [2.45, 2.75) is 45.8 Å². The van der Waals surface area contributed by atoms with Gasteiger partial charge in [0.1, 0.15) is 18.0 Å². The van der Waals surface area contributed by atoms with Gasteiger partial charge in [-0.05, 0) is 80.6 Å². The molecule has 0 unspecified atom stereocenters. The van der Waals surface area contributed by atoms with E-state index in [1.807, 2.05) is 63.2 Å². The Morgan fingerprint density at radius 2 is 1.48 bits per heavy atom. The van der Waals surface area contributed by atoms with E-state index < -0.39 is 5.60 Å². The zero-order valence-corrected chi connectivity index (χ0v) is 19.7. The van der Waals surface area contributed by atoms with Crippen LogP contribution in [-0.4, -0.2) is 24.5 Å². The third-order valence-corrected chi connectivity index (χ3v) is 5.06. The van der Waals surface area contributed by atoms with Gasteiger partial charge >= 0.3 is 5.97 Å². The minimum atomic E-state index is -0.532. The summed E-state index contributed by atoms with van der Waals surface area (Å²) < 4.78 is 11.5. The van der Waals surface area contributed by atoms with Crippen molar-refractivity contribution >= 4 is 11.9 Å². The number of carbonyl (C=O) groups excluding carboxylic acids is 2. The molecule has 0 radical (unpaired) electrons. The van der Waals surface area contributed by atoms with Gasteiger partial charge in [-0.25, -0.2) is 4.79 Å². The highest BCUT2D eigenvalue weighted by molar-refractivity contribution is 5.94. The molecule has 1 amide bonds. The van der Waals surface area contributed by atoms with Gasteiger partial charge in [0.25, 0.3) is 5.91 Å². The summed E-state index contributed by atoms with van der Waals surface area (Å²) in [4.78, 5) is 24.3. The van der Waals surface area contributed by atoms with Gasteiger partial charge in [0.05, 0.1) is 5.56 Å². The summed E-state index contributed by atoms with van der Waals surface area (Å²) in [5.74, 6) is 0.276. The van der Waals surface area contributed by atoms with E-state index in [-0.39, 0.29) is 11.9 Å². The fraction of sp³-hybridized carbons (Fsp3) is 0.286. The Bertz CT molecular complexity index is 1080. The van der Waals surface area contributed by atoms with Crippen LogP contribution in [0.5, 0.6) is 5.75 Å². The van der Waals surface area contributed by atoms with Crippen molar-refractivity contribution < 1.29 is 19.1 Å². The molecule has 0 aliphatic heterocycles. The maximum Gasteiger partial charge on any atom is 0.338 e. The van der Waals surface area contributed by atoms with Gasteiger partial charge in [0.15, 0.2) is 0 Å². The number of hydrogen-bond donors (Lipinski definition) is 1. The summed E-state index contributed by atoms with van der Waals surface area (Å²) in [6, 6.07) is 23.0. The SMILES string of the molecule is CNC(=O)c1ccc(OCc2ccc(C(=O)OC(C)(C)C)cc2)c(CCc2ccccc2)c1. The molecule has 5 nitrogen and oxygen atoms in total. The number of esters is 1. The number of nitrogens with one attached hydrogen (secondary N) is 1. The molecule has 33 heavy (non-hydrogen) atoms. The molecule has 0 bridgehead atoms. The molecule has 1 N–H and O–H groups in total. The van der Waals surface area contributed by atoms with Crippen LogP contribution >= 0.6 is 0 Å². The Kier molecular flexibility index (Phi) is 7.88. The molecule has 0 saturated carbocycles. The van der Waals surface area contributed by atoms with E-state index in [9.17, 15) is 9.59 Å². The van der Waals surface area contributed by atoms with Crippen LogP contribution in [0.3, 0.4) is 0 Å². The van der Waals surface area contributed by atoms with Gasteiger partial charge in [0.2, 0.25) is 0 Å². The summed E-state index contributed by atoms with van der Waals surface area (Å²) in [5.41, 5.74) is 3.72. The molecular weight excluding hydrogens is 414 g/mol. The minimum absolute atomic E-state index is 0.125. The van der Waals surface area contributed by atoms with Crippen molar-refractivity contribution in [2.75, 3.05) is 7.05 Å². The normalized spacial score (nSPS) is 11.0. The molecule has 0 aliphatic carbocycles. The summed E-state index contributed by atoms with van der Waals surface area (Å²) in [6.07, 6.45) is 1.60. The van der Waals surface area contributed by atoms with Crippen LogP contribution in [0, 0.1) is 0 Å². The first-order chi connectivity index (χ1) is 15.7. The molecule has 0 heterocycles. The topological polar surface area (TPSA) is 64.6 Å². The molecule has 172 valence electrons. The highest BCUT2D eigenvalue weighted by Gasteiger charge is 2.17. The van der Waals surface area contributed by atoms with Crippen LogP contribution in [0.2, 0.25) is 0 Å². The standard InChI is InChI=1S/C28H31NO4/c1-28(2,3)33-27(31)22-13-11-21(12-14-22)19-32-25-17-16-24(26(30)29-4)18-23(25)15-10-20-8-6-5-7-9-20/h5-9,11-14,16-18H,10,15,19H2,1-4H3,(H,29,30). The van der Waals surface area contributed by atoms with E-state index >= 15 is 0 Å². The predicted molar refractivity (Wildman–Crippen MR) is 130 cm³/mol. The zero-order valence-electron chi connectivity index (χ0n) is 19.7. The van der Waals surface area contributed by atoms with E-state index in [2.05, 4.69) is 17.4 Å². The van der Waals surface area contributed by atoms with Gasteiger partial charge in [-0.3, -0.25) is 4.79 Å². The van der Waals surface area contributed by atoms with Gasteiger partial charge in [0, 0.05) is 12.6 Å². The maximum atomic E-state index is 12.2. The molecule has 0 atom stereocenters. The molecule has 0 spiro atoms. The van der Waals surface area contributed by atoms with E-state index in [0.29, 0.717) is 17.7 Å². The molecule has 0 fully saturated rings. The molecule has 3 aromatic rings. The van der Waals surface area contributed by atoms with Gasteiger partial charge in [-0.1, -0.05) is 42.5 Å². The molecule has 0 saturated heterocycles. The lowest BCUT2D eigenvalue weighted by Gasteiger charge is -2.19. The van der Waals surface area contributed by atoms with E-state index in [4.69, 9.17) is 9.47 Å². The lowest BCUT2D eigenvalue weighted by atomic mass is 10.0. The number of hydrogen-bond acceptors (Lipinski definition) is 4. The monoisotopic (exact) mass is 445 g/mol. The van der Waals surface area contributed by atoms with E-state index in [1.54, 1.807) is 25.2 Å². The van der Waals surface area contributed by atoms with Crippen molar-refractivity contribution in [3.05, 3.63) is 101 Å². The van der Waals surface area contributed by atoms with Gasteiger partial charge < -0.3 is 14.8 Å². The van der Waals surface area contributed by atoms with Crippen LogP contribution in [0.25, 0.3) is 0 Å². The zero-order chi connectivity index (χ0) is 23.8. The van der Waals surface area contributed by atoms with Crippen LogP contribution in [0.1, 0.15) is 58.2 Å². The smallest absolute Gasteiger partial charge is 0.338 e. The first kappa shape index (κ1) is 24.1. The van der Waals surface area contributed by atoms with Crippen LogP contribution in [-0.2, 0) is 24.2 Å². The second kappa shape index (κ2) is 10.8. The van der Waals surface area contributed by atoms with E-state index in [0.717, 1.165) is 29.7 Å². The number of aryl methyl sites for hydroxylation is 2. The Hall–Kier alpha value is -3.60. The summed E-state index contributed by atoms with van der Waals surface area (Å²) in [7, 11) is 1.62. The summed E-state index contributed by atoms with van der Waals surface area (Å²) in [6.45, 7) is 5.89. The fourth-order valence-electron chi connectivity index (χ4n) is 3.36. The van der Waals surface area contributed by atoms with Crippen LogP contribution in [0.4, 0.5) is 0 Å². The van der Waals surface area contributed by atoms with Crippen LogP contribution < -0.4 is 10.1 Å². The lowest BCUT2D eigenvalue weighted by Crippen LogP contribution is -2.23. The average Bonchev–Trinajstić information content (AvgIpc) is 2.81. The number of carbonyl (C=O) groups is 2. The lowest BCUT2D eigenvalue weighted by molar-refractivity contribution is 0.00693. The minimum Gasteiger partial charge on any atom is -0.489 e. The molecular formula is C28H31NO4. The largest absolute Gasteiger partial charge is 0.489 e. The van der Waals surface area contributed by atoms with E-state index in [1.165, 1.54) is 5.56 Å². The Morgan fingerprint density at radius 3 is 2.12 bits per heavy atom. The number of benzene rings is 3. The average molecular weight is 446 g/mol. The fourth-order valence-corrected chi connectivity index (χ4v) is 3.36. The number of rotatable bonds is 8. The van der Waals surface area contributed by atoms with Crippen molar-refractivity contribution in [3.63, 3.8) is 0 Å². The predicted octanol–water partition coefficient (Wildman–Crippen LogP) is 5.37. The molecule has 0 aliphatic rings. The maximum absolute atomic E-state index is 12.2. The third kappa shape index (κ3) is 7.21. The highest BCUT2D eigenvalue weighted by atomic mass is 16.6. The number of amides is 1. The second-order valence-electron chi connectivity index (χ2n) is 8.87. The van der Waals surface area contributed by atoms with Crippen molar-refractivity contribution in [1.29, 1.82) is 0 Å². The summed E-state index contributed by atoms with van der Waals surface area (Å²) >= 11 is 0. The Balaban J connectivity index is 1.71. The van der Waals surface area contributed by atoms with Gasteiger partial charge in [-0.2, -0.15) is 0 Å². The Labute approximate surface area is 195 Å². The van der Waals surface area contributed by atoms with Crippen molar-refractivity contribution in [3.8, 4) is 5.75 Å². The molecule has 3 aromatic carbocycles. The van der Waals surface area contributed by atoms with Crippen molar-refractivity contribution in [2.24, 2.45) is 0 Å². The summed E-state index contributed by atoms with van der Waals surface area (Å²) in [5, 5.41) is 2.67. The molecule has 5 heteroatoms. The van der Waals surface area contributed by atoms with Crippen molar-refractivity contribution in [1.82, 2.24) is 5.32 Å². The quantitative estimate of drug-likeness (QED) is 0.474.